The van der Waals surface area contributed by atoms with E-state index < -0.39 is 6.04 Å². The number of nitrogens with zero attached hydrogens (tertiary/aromatic N) is 1. The highest BCUT2D eigenvalue weighted by molar-refractivity contribution is 6.42. The number of carbonyl (C=O) groups is 2. The van der Waals surface area contributed by atoms with Crippen LogP contribution in [0.3, 0.4) is 0 Å². The molecule has 3 rings (SSSR count). The zero-order valence-electron chi connectivity index (χ0n) is 18.3. The minimum absolute atomic E-state index is 0.151. The standard InChI is InChI=1S/C24H26Cl4N2O3/c1-2-21(24(32)29-17-5-3-4-6-17)30(13-15-7-9-18(26)19(27)11-15)23(31)14-33-22-10-8-16(25)12-20(22)28/h7-12,17,21H,2-6,13-14H2,1H3,(H,29,32)/t21-/m1/s1. The SMILES string of the molecule is CC[C@H](C(=O)NC1CCCC1)N(Cc1ccc(Cl)c(Cl)c1)C(=O)COc1ccc(Cl)cc1Cl. The van der Waals surface area contributed by atoms with E-state index in [9.17, 15) is 9.59 Å². The van der Waals surface area contributed by atoms with E-state index in [-0.39, 0.29) is 31.0 Å². The van der Waals surface area contributed by atoms with Crippen LogP contribution in [0.1, 0.15) is 44.6 Å². The van der Waals surface area contributed by atoms with Crippen molar-refractivity contribution < 1.29 is 14.3 Å². The van der Waals surface area contributed by atoms with Crippen LogP contribution in [0.25, 0.3) is 0 Å². The second-order valence-corrected chi connectivity index (χ2v) is 9.71. The quantitative estimate of drug-likeness (QED) is 0.399. The van der Waals surface area contributed by atoms with E-state index in [1.807, 2.05) is 6.92 Å². The predicted octanol–water partition coefficient (Wildman–Crippen LogP) is 6.55. The van der Waals surface area contributed by atoms with Gasteiger partial charge in [0.2, 0.25) is 5.91 Å². The molecule has 0 radical (unpaired) electrons. The van der Waals surface area contributed by atoms with E-state index in [1.54, 1.807) is 36.4 Å². The summed E-state index contributed by atoms with van der Waals surface area (Å²) in [6.07, 6.45) is 4.57. The molecule has 1 aliphatic rings. The van der Waals surface area contributed by atoms with Gasteiger partial charge in [-0.05, 0) is 55.2 Å². The molecule has 1 fully saturated rings. The summed E-state index contributed by atoms with van der Waals surface area (Å²) >= 11 is 24.3. The van der Waals surface area contributed by atoms with Gasteiger partial charge in [0.15, 0.2) is 6.61 Å². The van der Waals surface area contributed by atoms with Crippen LogP contribution in [0.4, 0.5) is 0 Å². The number of nitrogens with one attached hydrogen (secondary N) is 1. The van der Waals surface area contributed by atoms with Crippen LogP contribution >= 0.6 is 46.4 Å². The first kappa shape index (κ1) is 26.0. The normalized spacial score (nSPS) is 14.7. The van der Waals surface area contributed by atoms with Gasteiger partial charge in [-0.2, -0.15) is 0 Å². The van der Waals surface area contributed by atoms with Crippen molar-refractivity contribution in [3.63, 3.8) is 0 Å². The van der Waals surface area contributed by atoms with Crippen molar-refractivity contribution in [3.05, 3.63) is 62.1 Å². The molecule has 5 nitrogen and oxygen atoms in total. The summed E-state index contributed by atoms with van der Waals surface area (Å²) < 4.78 is 5.66. The molecule has 1 saturated carbocycles. The third-order valence-electron chi connectivity index (χ3n) is 5.67. The third kappa shape index (κ3) is 7.16. The molecule has 33 heavy (non-hydrogen) atoms. The first-order valence-electron chi connectivity index (χ1n) is 10.9. The van der Waals surface area contributed by atoms with Crippen LogP contribution < -0.4 is 10.1 Å². The van der Waals surface area contributed by atoms with Crippen molar-refractivity contribution in [1.29, 1.82) is 0 Å². The van der Waals surface area contributed by atoms with Gasteiger partial charge < -0.3 is 15.0 Å². The Morgan fingerprint density at radius 2 is 1.76 bits per heavy atom. The zero-order valence-corrected chi connectivity index (χ0v) is 21.3. The smallest absolute Gasteiger partial charge is 0.261 e. The lowest BCUT2D eigenvalue weighted by Crippen LogP contribution is -2.52. The van der Waals surface area contributed by atoms with Crippen LogP contribution in [-0.4, -0.2) is 35.4 Å². The van der Waals surface area contributed by atoms with Gasteiger partial charge in [0.25, 0.3) is 5.91 Å². The van der Waals surface area contributed by atoms with E-state index >= 15 is 0 Å². The van der Waals surface area contributed by atoms with Gasteiger partial charge >= 0.3 is 0 Å². The van der Waals surface area contributed by atoms with Gasteiger partial charge in [-0.25, -0.2) is 0 Å². The van der Waals surface area contributed by atoms with Gasteiger partial charge in [0.1, 0.15) is 11.8 Å². The van der Waals surface area contributed by atoms with Gasteiger partial charge in [0, 0.05) is 17.6 Å². The van der Waals surface area contributed by atoms with E-state index in [2.05, 4.69) is 5.32 Å². The maximum Gasteiger partial charge on any atom is 0.261 e. The number of halogens is 4. The highest BCUT2D eigenvalue weighted by Crippen LogP contribution is 2.28. The molecule has 0 spiro atoms. The molecule has 0 aromatic heterocycles. The highest BCUT2D eigenvalue weighted by atomic mass is 35.5. The van der Waals surface area contributed by atoms with Crippen LogP contribution in [0.5, 0.6) is 5.75 Å². The molecule has 2 aromatic rings. The molecule has 2 aromatic carbocycles. The fraction of sp³-hybridized carbons (Fsp3) is 0.417. The molecule has 0 unspecified atom stereocenters. The fourth-order valence-corrected chi connectivity index (χ4v) is 4.72. The molecule has 0 bridgehead atoms. The molecule has 0 saturated heterocycles. The number of ether oxygens (including phenoxy) is 1. The third-order valence-corrected chi connectivity index (χ3v) is 6.94. The zero-order chi connectivity index (χ0) is 24.0. The maximum absolute atomic E-state index is 13.3. The monoisotopic (exact) mass is 530 g/mol. The minimum Gasteiger partial charge on any atom is -0.482 e. The van der Waals surface area contributed by atoms with E-state index in [1.165, 1.54) is 4.90 Å². The number of hydrogen-bond acceptors (Lipinski definition) is 3. The summed E-state index contributed by atoms with van der Waals surface area (Å²) in [5.41, 5.74) is 0.759. The summed E-state index contributed by atoms with van der Waals surface area (Å²) in [5, 5.41) is 4.68. The Kier molecular flexibility index (Phi) is 9.57. The van der Waals surface area contributed by atoms with Crippen molar-refractivity contribution >= 4 is 58.2 Å². The van der Waals surface area contributed by atoms with Crippen LogP contribution in [0, 0.1) is 0 Å². The van der Waals surface area contributed by atoms with Gasteiger partial charge in [-0.15, -0.1) is 0 Å². The van der Waals surface area contributed by atoms with Crippen LogP contribution in [0.2, 0.25) is 20.1 Å². The summed E-state index contributed by atoms with van der Waals surface area (Å²) in [6, 6.07) is 9.42. The molecule has 0 aliphatic heterocycles. The molecule has 9 heteroatoms. The Morgan fingerprint density at radius 1 is 1.03 bits per heavy atom. The number of benzene rings is 2. The van der Waals surface area contributed by atoms with Crippen molar-refractivity contribution in [2.75, 3.05) is 6.61 Å². The van der Waals surface area contributed by atoms with Gasteiger partial charge in [-0.3, -0.25) is 9.59 Å². The van der Waals surface area contributed by atoms with Crippen LogP contribution in [-0.2, 0) is 16.1 Å². The summed E-state index contributed by atoms with van der Waals surface area (Å²) in [6.45, 7) is 1.78. The Balaban J connectivity index is 1.79. The Bertz CT molecular complexity index is 996. The first-order valence-corrected chi connectivity index (χ1v) is 12.4. The highest BCUT2D eigenvalue weighted by Gasteiger charge is 2.31. The molecular weight excluding hydrogens is 506 g/mol. The fourth-order valence-electron chi connectivity index (χ4n) is 3.94. The summed E-state index contributed by atoms with van der Waals surface area (Å²) in [7, 11) is 0. The van der Waals surface area contributed by atoms with Crippen molar-refractivity contribution in [1.82, 2.24) is 10.2 Å². The molecule has 178 valence electrons. The van der Waals surface area contributed by atoms with Crippen LogP contribution in [0.15, 0.2) is 36.4 Å². The van der Waals surface area contributed by atoms with E-state index in [0.717, 1.165) is 31.2 Å². The van der Waals surface area contributed by atoms with Crippen molar-refractivity contribution in [2.24, 2.45) is 0 Å². The van der Waals surface area contributed by atoms with Crippen molar-refractivity contribution in [3.8, 4) is 5.75 Å². The molecular formula is C24H26Cl4N2O3. The molecule has 2 amide bonds. The molecule has 1 aliphatic carbocycles. The maximum atomic E-state index is 13.3. The second-order valence-electron chi connectivity index (χ2n) is 8.05. The van der Waals surface area contributed by atoms with E-state index in [0.29, 0.717) is 32.3 Å². The van der Waals surface area contributed by atoms with Crippen molar-refractivity contribution in [2.45, 2.75) is 57.7 Å². The molecule has 1 atom stereocenters. The Hall–Kier alpha value is -1.66. The predicted molar refractivity (Wildman–Crippen MR) is 133 cm³/mol. The largest absolute Gasteiger partial charge is 0.482 e. The second kappa shape index (κ2) is 12.2. The average Bonchev–Trinajstić information content (AvgIpc) is 3.28. The summed E-state index contributed by atoms with van der Waals surface area (Å²) in [4.78, 5) is 27.9. The molecule has 1 N–H and O–H groups in total. The number of rotatable bonds is 9. The topological polar surface area (TPSA) is 58.6 Å². The Labute approximate surface area is 214 Å². The van der Waals surface area contributed by atoms with E-state index in [4.69, 9.17) is 51.1 Å². The lowest BCUT2D eigenvalue weighted by Gasteiger charge is -2.31. The minimum atomic E-state index is -0.656. The van der Waals surface area contributed by atoms with Gasteiger partial charge in [-0.1, -0.05) is 72.2 Å². The lowest BCUT2D eigenvalue weighted by molar-refractivity contribution is -0.143. The first-order chi connectivity index (χ1) is 15.8. The lowest BCUT2D eigenvalue weighted by atomic mass is 10.1. The average molecular weight is 532 g/mol. The number of amides is 2. The van der Waals surface area contributed by atoms with Gasteiger partial charge in [0.05, 0.1) is 15.1 Å². The summed E-state index contributed by atoms with van der Waals surface area (Å²) in [5.74, 6) is -0.171. The number of hydrogen-bond donors (Lipinski definition) is 1. The Morgan fingerprint density at radius 3 is 2.39 bits per heavy atom. The number of carbonyl (C=O) groups excluding carboxylic acids is 2. The molecule has 0 heterocycles.